The maximum absolute atomic E-state index is 12.6. The number of carbonyl (C=O) groups is 2. The summed E-state index contributed by atoms with van der Waals surface area (Å²) >= 11 is 9.70. The molecule has 12 nitrogen and oxygen atoms in total. The number of sulfonamides is 2. The number of aromatic nitrogens is 2. The van der Waals surface area contributed by atoms with Crippen molar-refractivity contribution in [2.75, 3.05) is 31.5 Å². The standard InChI is InChI=1S/C17H17BrN2O4S.C9H12N2O3S.C8H6Br2O.Na.H/c18-14-5-3-13(4-6-14)16(21)12-19-11-15(7-8-17(19)22)25(23,24)20-9-1-2-10-20;12-9-4-3-8(7-10-9)15(13,14)11-5-1-2-6-11;9-5-8(11)6-1-3-7(10)4-2-6;;/h3-8,11H,1-2,9-10,12H2;3-4,7H,1-2,5-6H2,(H,10,12);1-4H,5H2;;/q;;;+1;-1. The molecular weight excluding hydrogens is 919 g/mol. The summed E-state index contributed by atoms with van der Waals surface area (Å²) < 4.78 is 55.0. The second kappa shape index (κ2) is 20.6. The van der Waals surface area contributed by atoms with Crippen LogP contribution in [0.1, 0.15) is 47.8 Å². The van der Waals surface area contributed by atoms with E-state index >= 15 is 0 Å². The fourth-order valence-corrected chi connectivity index (χ4v) is 8.97. The number of ketones is 2. The first kappa shape index (κ1) is 44.3. The Bertz CT molecular complexity index is 2160. The number of halogens is 3. The van der Waals surface area contributed by atoms with E-state index < -0.39 is 25.6 Å². The average Bonchev–Trinajstić information content (AvgIpc) is 3.87. The van der Waals surface area contributed by atoms with Crippen LogP contribution in [-0.2, 0) is 26.6 Å². The quantitative estimate of drug-likeness (QED) is 0.152. The SMILES string of the molecule is O=C(CBr)c1ccc(Br)cc1.O=C(Cn1cc(S(=O)(=O)N2CCCC2)ccc1=O)c1ccc(Br)cc1.O=c1ccc(S(=O)(=O)N2CCCC2)c[nH]1.[H-].[Na+]. The molecule has 6 rings (SSSR count). The molecule has 2 aliphatic heterocycles. The van der Waals surface area contributed by atoms with Crippen molar-refractivity contribution in [2.24, 2.45) is 0 Å². The van der Waals surface area contributed by atoms with Crippen LogP contribution < -0.4 is 40.7 Å². The van der Waals surface area contributed by atoms with Gasteiger partial charge >= 0.3 is 29.6 Å². The molecule has 1 N–H and O–H groups in total. The molecule has 0 amide bonds. The second-order valence-corrected chi connectivity index (χ2v) is 17.7. The predicted molar refractivity (Wildman–Crippen MR) is 206 cm³/mol. The number of Topliss-reactive ketones (excluding diaryl/α,β-unsaturated/α-hetero) is 2. The van der Waals surface area contributed by atoms with E-state index in [1.165, 1.54) is 45.3 Å². The minimum atomic E-state index is -3.63. The Morgan fingerprint density at radius 3 is 1.54 bits per heavy atom. The molecule has 0 unspecified atom stereocenters. The number of pyridine rings is 2. The number of aromatic amines is 1. The van der Waals surface area contributed by atoms with Gasteiger partial charge in [0, 0.05) is 70.8 Å². The molecule has 0 bridgehead atoms. The van der Waals surface area contributed by atoms with Crippen molar-refractivity contribution in [3.05, 3.63) is 126 Å². The fourth-order valence-electron chi connectivity index (χ4n) is 5.09. The van der Waals surface area contributed by atoms with E-state index in [1.54, 1.807) is 36.4 Å². The Balaban J connectivity index is 0.000000297. The number of H-pyrrole nitrogens is 1. The third kappa shape index (κ3) is 12.2. The Kier molecular flexibility index (Phi) is 17.5. The molecule has 18 heteroatoms. The Labute approximate surface area is 351 Å². The molecule has 0 spiro atoms. The Hall–Kier alpha value is -2.06. The van der Waals surface area contributed by atoms with E-state index in [0.29, 0.717) is 37.1 Å². The number of alkyl halides is 1. The number of nitrogens with zero attached hydrogens (tertiary/aromatic N) is 3. The third-order valence-electron chi connectivity index (χ3n) is 7.89. The van der Waals surface area contributed by atoms with Crippen LogP contribution >= 0.6 is 47.8 Å². The van der Waals surface area contributed by atoms with Gasteiger partial charge in [0.2, 0.25) is 25.6 Å². The van der Waals surface area contributed by atoms with Gasteiger partial charge in [-0.3, -0.25) is 19.2 Å². The van der Waals surface area contributed by atoms with Gasteiger partial charge < -0.3 is 11.0 Å². The molecule has 2 saturated heterocycles. The first-order chi connectivity index (χ1) is 24.2. The summed E-state index contributed by atoms with van der Waals surface area (Å²) in [5, 5.41) is 0.384. The molecule has 0 saturated carbocycles. The van der Waals surface area contributed by atoms with Crippen LogP contribution in [0.3, 0.4) is 0 Å². The van der Waals surface area contributed by atoms with Crippen molar-refractivity contribution in [3.8, 4) is 0 Å². The van der Waals surface area contributed by atoms with Crippen molar-refractivity contribution < 1.29 is 57.4 Å². The van der Waals surface area contributed by atoms with E-state index in [9.17, 15) is 36.0 Å². The summed E-state index contributed by atoms with van der Waals surface area (Å²) in [4.78, 5) is 48.8. The first-order valence-electron chi connectivity index (χ1n) is 15.8. The maximum atomic E-state index is 12.6. The van der Waals surface area contributed by atoms with Gasteiger partial charge in [0.15, 0.2) is 11.6 Å². The van der Waals surface area contributed by atoms with Crippen LogP contribution in [0.25, 0.3) is 0 Å². The van der Waals surface area contributed by atoms with E-state index in [0.717, 1.165) is 44.8 Å². The van der Waals surface area contributed by atoms with Crippen molar-refractivity contribution >= 4 is 79.4 Å². The molecule has 4 aromatic rings. The van der Waals surface area contributed by atoms with Gasteiger partial charge in [0.25, 0.3) is 5.56 Å². The minimum Gasteiger partial charge on any atom is -1.00 e. The van der Waals surface area contributed by atoms with E-state index in [-0.39, 0.29) is 64.4 Å². The predicted octanol–water partition coefficient (Wildman–Crippen LogP) is 2.58. The smallest absolute Gasteiger partial charge is 1.00 e. The molecule has 274 valence electrons. The normalized spacial score (nSPS) is 14.7. The van der Waals surface area contributed by atoms with Gasteiger partial charge in [-0.2, -0.15) is 8.61 Å². The summed E-state index contributed by atoms with van der Waals surface area (Å²) in [6, 6.07) is 19.2. The van der Waals surface area contributed by atoms with Crippen molar-refractivity contribution in [1.82, 2.24) is 18.2 Å². The molecule has 2 aromatic carbocycles. The topological polar surface area (TPSA) is 164 Å². The molecule has 52 heavy (non-hydrogen) atoms. The van der Waals surface area contributed by atoms with Gasteiger partial charge in [0.1, 0.15) is 0 Å². The third-order valence-corrected chi connectivity index (χ3v) is 13.2. The number of hydrogen-bond donors (Lipinski definition) is 1. The molecule has 2 aliphatic rings. The zero-order valence-electron chi connectivity index (χ0n) is 29.2. The molecular formula is C34H36Br3N4NaO8S2. The number of carbonyl (C=O) groups excluding carboxylic acids is 2. The molecule has 2 aromatic heterocycles. The molecule has 0 aliphatic carbocycles. The average molecular weight is 956 g/mol. The molecule has 0 radical (unpaired) electrons. The summed E-state index contributed by atoms with van der Waals surface area (Å²) in [7, 11) is -7.02. The molecule has 4 heterocycles. The Morgan fingerprint density at radius 2 is 1.10 bits per heavy atom. The summed E-state index contributed by atoms with van der Waals surface area (Å²) in [5.74, 6) is -0.150. The van der Waals surface area contributed by atoms with Crippen molar-refractivity contribution in [3.63, 3.8) is 0 Å². The van der Waals surface area contributed by atoms with E-state index in [4.69, 9.17) is 0 Å². The van der Waals surface area contributed by atoms with Gasteiger partial charge in [-0.15, -0.1) is 0 Å². The van der Waals surface area contributed by atoms with Gasteiger partial charge in [0.05, 0.1) is 21.7 Å². The van der Waals surface area contributed by atoms with Crippen LogP contribution in [-0.4, -0.2) is 78.1 Å². The van der Waals surface area contributed by atoms with Crippen LogP contribution in [0.4, 0.5) is 0 Å². The van der Waals surface area contributed by atoms with Crippen molar-refractivity contribution in [1.29, 1.82) is 0 Å². The monoisotopic (exact) mass is 952 g/mol. The Morgan fingerprint density at radius 1 is 0.654 bits per heavy atom. The zero-order valence-corrected chi connectivity index (χ0v) is 36.6. The molecule has 0 atom stereocenters. The summed E-state index contributed by atoms with van der Waals surface area (Å²) in [5.41, 5.74) is 0.495. The number of rotatable bonds is 9. The number of hydrogen-bond acceptors (Lipinski definition) is 8. The van der Waals surface area contributed by atoms with Crippen LogP contribution in [0.5, 0.6) is 0 Å². The fraction of sp³-hybridized carbons (Fsp3) is 0.294. The van der Waals surface area contributed by atoms with E-state index in [1.807, 2.05) is 12.1 Å². The number of nitrogens with one attached hydrogen (secondary N) is 1. The van der Waals surface area contributed by atoms with Crippen LogP contribution in [0, 0.1) is 0 Å². The van der Waals surface area contributed by atoms with Gasteiger partial charge in [-0.1, -0.05) is 72.1 Å². The van der Waals surface area contributed by atoms with Gasteiger partial charge in [-0.05, 0) is 62.1 Å². The summed E-state index contributed by atoms with van der Waals surface area (Å²) in [6.07, 6.45) is 5.98. The zero-order chi connectivity index (χ0) is 37.2. The van der Waals surface area contributed by atoms with Crippen LogP contribution in [0.15, 0.2) is 114 Å². The van der Waals surface area contributed by atoms with E-state index in [2.05, 4.69) is 52.8 Å². The number of benzene rings is 2. The summed E-state index contributed by atoms with van der Waals surface area (Å²) in [6.45, 7) is 1.91. The second-order valence-electron chi connectivity index (χ2n) is 11.4. The van der Waals surface area contributed by atoms with Crippen LogP contribution in [0.2, 0.25) is 0 Å². The molecule has 2 fully saturated rings. The first-order valence-corrected chi connectivity index (χ1v) is 21.3. The maximum Gasteiger partial charge on any atom is 1.00 e. The largest absolute Gasteiger partial charge is 1.00 e. The minimum absolute atomic E-state index is 0. The van der Waals surface area contributed by atoms with Gasteiger partial charge in [-0.25, -0.2) is 16.8 Å². The van der Waals surface area contributed by atoms with Crippen molar-refractivity contribution in [2.45, 2.75) is 42.0 Å².